The number of hydrogen-bond donors (Lipinski definition) is 2. The lowest BCUT2D eigenvalue weighted by molar-refractivity contribution is 0.120. The molecule has 3 N–H and O–H groups in total. The van der Waals surface area contributed by atoms with Gasteiger partial charge >= 0.3 is 0 Å². The number of amidine groups is 1. The summed E-state index contributed by atoms with van der Waals surface area (Å²) in [5, 5.41) is 11.5. The van der Waals surface area contributed by atoms with Gasteiger partial charge in [-0.25, -0.2) is 0 Å². The van der Waals surface area contributed by atoms with E-state index in [2.05, 4.69) is 15.0 Å². The summed E-state index contributed by atoms with van der Waals surface area (Å²) in [7, 11) is 2.02. The number of aromatic nitrogens is 1. The molecule has 0 aliphatic carbocycles. The molecule has 0 amide bonds. The standard InChI is InChI=1S/C12H20N4O2/c1-3-18-7-6-16(2)9-10-4-5-14-11(8-10)12(13)15-17/h4-5,8,17H,3,6-7,9H2,1-2H3,(H2,13,15). The molecule has 6 heteroatoms. The Morgan fingerprint density at radius 1 is 1.61 bits per heavy atom. The number of ether oxygens (including phenoxy) is 1. The largest absolute Gasteiger partial charge is 0.409 e. The van der Waals surface area contributed by atoms with E-state index in [1.54, 1.807) is 6.20 Å². The Balaban J connectivity index is 2.56. The highest BCUT2D eigenvalue weighted by Crippen LogP contribution is 2.05. The number of likely N-dealkylation sites (N-methyl/N-ethyl adjacent to an activating group) is 1. The van der Waals surface area contributed by atoms with Crippen molar-refractivity contribution in [1.29, 1.82) is 0 Å². The molecule has 1 rings (SSSR count). The van der Waals surface area contributed by atoms with Crippen molar-refractivity contribution in [3.63, 3.8) is 0 Å². The monoisotopic (exact) mass is 252 g/mol. The van der Waals surface area contributed by atoms with Gasteiger partial charge in [-0.2, -0.15) is 0 Å². The van der Waals surface area contributed by atoms with E-state index in [1.807, 2.05) is 26.1 Å². The number of pyridine rings is 1. The molecule has 0 radical (unpaired) electrons. The van der Waals surface area contributed by atoms with E-state index >= 15 is 0 Å². The van der Waals surface area contributed by atoms with Crippen LogP contribution in [0.1, 0.15) is 18.2 Å². The molecule has 1 heterocycles. The summed E-state index contributed by atoms with van der Waals surface area (Å²) in [5.74, 6) is 0.0221. The van der Waals surface area contributed by atoms with Crippen LogP contribution in [0.3, 0.4) is 0 Å². The van der Waals surface area contributed by atoms with E-state index in [9.17, 15) is 0 Å². The molecular weight excluding hydrogens is 232 g/mol. The second-order valence-corrected chi connectivity index (χ2v) is 3.97. The maximum atomic E-state index is 8.60. The summed E-state index contributed by atoms with van der Waals surface area (Å²) >= 11 is 0. The van der Waals surface area contributed by atoms with Crippen molar-refractivity contribution < 1.29 is 9.94 Å². The van der Waals surface area contributed by atoms with Crippen molar-refractivity contribution in [3.05, 3.63) is 29.6 Å². The van der Waals surface area contributed by atoms with E-state index in [-0.39, 0.29) is 5.84 Å². The summed E-state index contributed by atoms with van der Waals surface area (Å²) in [6, 6.07) is 3.72. The molecule has 6 nitrogen and oxygen atoms in total. The molecule has 0 aliphatic rings. The van der Waals surface area contributed by atoms with E-state index in [1.165, 1.54) is 0 Å². The average Bonchev–Trinajstić information content (AvgIpc) is 2.38. The van der Waals surface area contributed by atoms with E-state index in [0.717, 1.165) is 25.3 Å². The predicted octanol–water partition coefficient (Wildman–Crippen LogP) is 0.644. The lowest BCUT2D eigenvalue weighted by Gasteiger charge is -2.16. The first kappa shape index (κ1) is 14.4. The van der Waals surface area contributed by atoms with Crippen LogP contribution in [0.2, 0.25) is 0 Å². The quantitative estimate of drug-likeness (QED) is 0.245. The Labute approximate surface area is 107 Å². The zero-order valence-corrected chi connectivity index (χ0v) is 10.8. The van der Waals surface area contributed by atoms with Crippen molar-refractivity contribution in [2.75, 3.05) is 26.8 Å². The summed E-state index contributed by atoms with van der Waals surface area (Å²) in [6.45, 7) is 5.05. The molecule has 0 saturated heterocycles. The molecule has 0 fully saturated rings. The first-order valence-electron chi connectivity index (χ1n) is 5.86. The third-order valence-electron chi connectivity index (χ3n) is 2.47. The molecule has 0 bridgehead atoms. The minimum atomic E-state index is 0.0221. The molecule has 18 heavy (non-hydrogen) atoms. The number of rotatable bonds is 7. The van der Waals surface area contributed by atoms with Crippen molar-refractivity contribution in [2.24, 2.45) is 10.9 Å². The molecule has 0 atom stereocenters. The third-order valence-corrected chi connectivity index (χ3v) is 2.47. The Hall–Kier alpha value is -1.66. The van der Waals surface area contributed by atoms with Crippen molar-refractivity contribution in [1.82, 2.24) is 9.88 Å². The second kappa shape index (κ2) is 7.62. The Morgan fingerprint density at radius 3 is 3.06 bits per heavy atom. The maximum Gasteiger partial charge on any atom is 0.188 e. The van der Waals surface area contributed by atoms with Gasteiger partial charge in [-0.1, -0.05) is 5.16 Å². The first-order valence-corrected chi connectivity index (χ1v) is 5.86. The number of hydrogen-bond acceptors (Lipinski definition) is 5. The van der Waals surface area contributed by atoms with Crippen LogP contribution in [-0.4, -0.2) is 47.7 Å². The SMILES string of the molecule is CCOCCN(C)Cc1ccnc(/C(N)=N/O)c1. The van der Waals surface area contributed by atoms with Crippen molar-refractivity contribution >= 4 is 5.84 Å². The van der Waals surface area contributed by atoms with E-state index in [0.29, 0.717) is 12.3 Å². The van der Waals surface area contributed by atoms with Gasteiger partial charge in [0.05, 0.1) is 6.61 Å². The van der Waals surface area contributed by atoms with Crippen LogP contribution in [0.5, 0.6) is 0 Å². The van der Waals surface area contributed by atoms with E-state index in [4.69, 9.17) is 15.7 Å². The normalized spacial score (nSPS) is 12.1. The van der Waals surface area contributed by atoms with Gasteiger partial charge in [-0.05, 0) is 31.7 Å². The molecule has 0 aromatic carbocycles. The Morgan fingerprint density at radius 2 is 2.39 bits per heavy atom. The molecule has 1 aromatic rings. The minimum absolute atomic E-state index is 0.0221. The topological polar surface area (TPSA) is 84.0 Å². The van der Waals surface area contributed by atoms with Gasteiger partial charge in [0.25, 0.3) is 0 Å². The molecule has 100 valence electrons. The van der Waals surface area contributed by atoms with Crippen molar-refractivity contribution in [2.45, 2.75) is 13.5 Å². The van der Waals surface area contributed by atoms with Gasteiger partial charge in [0, 0.05) is 25.9 Å². The highest BCUT2D eigenvalue weighted by atomic mass is 16.5. The fraction of sp³-hybridized carbons (Fsp3) is 0.500. The van der Waals surface area contributed by atoms with E-state index < -0.39 is 0 Å². The smallest absolute Gasteiger partial charge is 0.188 e. The number of oxime groups is 1. The van der Waals surface area contributed by atoms with Gasteiger partial charge < -0.3 is 15.7 Å². The van der Waals surface area contributed by atoms with Gasteiger partial charge in [0.15, 0.2) is 5.84 Å². The predicted molar refractivity (Wildman–Crippen MR) is 69.6 cm³/mol. The molecular formula is C12H20N4O2. The van der Waals surface area contributed by atoms with Crippen LogP contribution in [0, 0.1) is 0 Å². The summed E-state index contributed by atoms with van der Waals surface area (Å²) in [6.07, 6.45) is 1.65. The molecule has 1 aromatic heterocycles. The Bertz CT molecular complexity index is 395. The zero-order valence-electron chi connectivity index (χ0n) is 10.8. The summed E-state index contributed by atoms with van der Waals surface area (Å²) < 4.78 is 5.30. The van der Waals surface area contributed by atoms with Crippen LogP contribution in [0.4, 0.5) is 0 Å². The molecule has 0 spiro atoms. The van der Waals surface area contributed by atoms with Crippen LogP contribution in [0.15, 0.2) is 23.5 Å². The first-order chi connectivity index (χ1) is 8.67. The van der Waals surface area contributed by atoms with Crippen LogP contribution in [-0.2, 0) is 11.3 Å². The summed E-state index contributed by atoms with van der Waals surface area (Å²) in [5.41, 5.74) is 7.04. The van der Waals surface area contributed by atoms with Gasteiger partial charge in [0.1, 0.15) is 5.69 Å². The molecule has 0 saturated carbocycles. The molecule has 0 aliphatic heterocycles. The van der Waals surface area contributed by atoms with Crippen molar-refractivity contribution in [3.8, 4) is 0 Å². The lowest BCUT2D eigenvalue weighted by Crippen LogP contribution is -2.23. The van der Waals surface area contributed by atoms with Gasteiger partial charge in [0.2, 0.25) is 0 Å². The second-order valence-electron chi connectivity index (χ2n) is 3.97. The zero-order chi connectivity index (χ0) is 13.4. The van der Waals surface area contributed by atoms with Crippen LogP contribution >= 0.6 is 0 Å². The summed E-state index contributed by atoms with van der Waals surface area (Å²) in [4.78, 5) is 6.17. The fourth-order valence-corrected chi connectivity index (χ4v) is 1.52. The fourth-order valence-electron chi connectivity index (χ4n) is 1.52. The molecule has 0 unspecified atom stereocenters. The number of nitrogens with zero attached hydrogens (tertiary/aromatic N) is 3. The minimum Gasteiger partial charge on any atom is -0.409 e. The number of nitrogens with two attached hydrogens (primary N) is 1. The van der Waals surface area contributed by atoms with Gasteiger partial charge in [-0.15, -0.1) is 0 Å². The average molecular weight is 252 g/mol. The third kappa shape index (κ3) is 4.68. The highest BCUT2D eigenvalue weighted by Gasteiger charge is 2.04. The maximum absolute atomic E-state index is 8.60. The van der Waals surface area contributed by atoms with Crippen LogP contribution in [0.25, 0.3) is 0 Å². The lowest BCUT2D eigenvalue weighted by atomic mass is 10.2. The highest BCUT2D eigenvalue weighted by molar-refractivity contribution is 5.95. The van der Waals surface area contributed by atoms with Gasteiger partial charge in [-0.3, -0.25) is 9.88 Å². The van der Waals surface area contributed by atoms with Crippen LogP contribution < -0.4 is 5.73 Å². The Kier molecular flexibility index (Phi) is 6.10.